The predicted molar refractivity (Wildman–Crippen MR) is 79.3 cm³/mol. The van der Waals surface area contributed by atoms with Crippen molar-refractivity contribution in [3.8, 4) is 0 Å². The van der Waals surface area contributed by atoms with E-state index in [0.29, 0.717) is 22.5 Å². The van der Waals surface area contributed by atoms with Crippen LogP contribution in [0.1, 0.15) is 31.2 Å². The highest BCUT2D eigenvalue weighted by Gasteiger charge is 2.24. The third-order valence-electron chi connectivity index (χ3n) is 3.60. The molecule has 0 spiro atoms. The zero-order chi connectivity index (χ0) is 14.0. The summed E-state index contributed by atoms with van der Waals surface area (Å²) in [4.78, 5) is 11.3. The number of nitrogens with zero attached hydrogens (tertiary/aromatic N) is 3. The summed E-state index contributed by atoms with van der Waals surface area (Å²) in [5.41, 5.74) is 7.12. The van der Waals surface area contributed by atoms with Gasteiger partial charge in [-0.05, 0) is 38.7 Å². The van der Waals surface area contributed by atoms with E-state index in [4.69, 9.17) is 18.0 Å². The Morgan fingerprint density at radius 2 is 2.11 bits per heavy atom. The maximum atomic E-state index is 9.61. The van der Waals surface area contributed by atoms with Crippen LogP contribution in [0.2, 0.25) is 0 Å². The Labute approximate surface area is 118 Å². The van der Waals surface area contributed by atoms with Crippen LogP contribution in [0.5, 0.6) is 0 Å². The molecule has 0 bridgehead atoms. The molecular formula is C13H20N4OS. The minimum absolute atomic E-state index is 0.243. The van der Waals surface area contributed by atoms with Crippen LogP contribution in [-0.4, -0.2) is 39.3 Å². The van der Waals surface area contributed by atoms with Gasteiger partial charge in [0.15, 0.2) is 0 Å². The summed E-state index contributed by atoms with van der Waals surface area (Å²) in [6.07, 6.45) is 1.67. The summed E-state index contributed by atoms with van der Waals surface area (Å²) in [6.45, 7) is 5.48. The molecule has 19 heavy (non-hydrogen) atoms. The van der Waals surface area contributed by atoms with Gasteiger partial charge in [0, 0.05) is 18.8 Å². The Hall–Kier alpha value is -1.27. The van der Waals surface area contributed by atoms with E-state index in [1.54, 1.807) is 6.07 Å². The fourth-order valence-corrected chi connectivity index (χ4v) is 2.51. The van der Waals surface area contributed by atoms with E-state index in [1.807, 2.05) is 13.8 Å². The molecule has 0 radical (unpaired) electrons. The molecule has 0 aromatic carbocycles. The van der Waals surface area contributed by atoms with Gasteiger partial charge in [0.2, 0.25) is 5.95 Å². The van der Waals surface area contributed by atoms with Gasteiger partial charge in [-0.1, -0.05) is 12.2 Å². The zero-order valence-corrected chi connectivity index (χ0v) is 12.2. The van der Waals surface area contributed by atoms with E-state index < -0.39 is 0 Å². The number of thiocarbonyl (C=S) groups is 1. The van der Waals surface area contributed by atoms with E-state index in [9.17, 15) is 5.11 Å². The summed E-state index contributed by atoms with van der Waals surface area (Å²) in [7, 11) is 0. The minimum Gasteiger partial charge on any atom is -0.393 e. The van der Waals surface area contributed by atoms with Gasteiger partial charge in [-0.2, -0.15) is 0 Å². The molecule has 5 nitrogen and oxygen atoms in total. The molecule has 2 rings (SSSR count). The smallest absolute Gasteiger partial charge is 0.226 e. The summed E-state index contributed by atoms with van der Waals surface area (Å²) >= 11 is 4.97. The number of aryl methyl sites for hydroxylation is 1. The van der Waals surface area contributed by atoms with Crippen molar-refractivity contribution in [2.75, 3.05) is 18.0 Å². The van der Waals surface area contributed by atoms with Crippen LogP contribution in [0, 0.1) is 12.8 Å². The number of aromatic nitrogens is 2. The molecule has 0 aliphatic carbocycles. The van der Waals surface area contributed by atoms with Gasteiger partial charge in [0.1, 0.15) is 10.7 Å². The van der Waals surface area contributed by atoms with Crippen molar-refractivity contribution < 1.29 is 5.11 Å². The Bertz CT molecular complexity index is 470. The van der Waals surface area contributed by atoms with E-state index in [-0.39, 0.29) is 6.10 Å². The van der Waals surface area contributed by atoms with Crippen molar-refractivity contribution in [2.45, 2.75) is 32.8 Å². The molecule has 1 fully saturated rings. The van der Waals surface area contributed by atoms with Crippen molar-refractivity contribution in [3.63, 3.8) is 0 Å². The third kappa shape index (κ3) is 3.39. The Morgan fingerprint density at radius 3 is 2.63 bits per heavy atom. The van der Waals surface area contributed by atoms with Gasteiger partial charge in [0.25, 0.3) is 0 Å². The molecule has 1 atom stereocenters. The molecule has 0 saturated carbocycles. The molecule has 3 N–H and O–H groups in total. The van der Waals surface area contributed by atoms with Crippen molar-refractivity contribution in [2.24, 2.45) is 11.7 Å². The number of piperidine rings is 1. The van der Waals surface area contributed by atoms with Crippen LogP contribution in [-0.2, 0) is 0 Å². The number of anilines is 1. The number of hydrogen-bond acceptors (Lipinski definition) is 5. The first-order valence-electron chi connectivity index (χ1n) is 6.56. The lowest BCUT2D eigenvalue weighted by Crippen LogP contribution is -2.38. The van der Waals surface area contributed by atoms with Crippen LogP contribution in [0.15, 0.2) is 6.07 Å². The largest absolute Gasteiger partial charge is 0.393 e. The van der Waals surface area contributed by atoms with E-state index in [1.165, 1.54) is 0 Å². The highest BCUT2D eigenvalue weighted by molar-refractivity contribution is 7.80. The second kappa shape index (κ2) is 5.79. The number of nitrogens with two attached hydrogens (primary N) is 1. The fraction of sp³-hybridized carbons (Fsp3) is 0.615. The second-order valence-corrected chi connectivity index (χ2v) is 5.56. The lowest BCUT2D eigenvalue weighted by atomic mass is 9.92. The van der Waals surface area contributed by atoms with Gasteiger partial charge in [0.05, 0.1) is 6.10 Å². The molecule has 1 aromatic rings. The van der Waals surface area contributed by atoms with Crippen LogP contribution >= 0.6 is 12.2 Å². The number of rotatable bonds is 3. The van der Waals surface area contributed by atoms with Crippen molar-refractivity contribution >= 4 is 23.2 Å². The van der Waals surface area contributed by atoms with Crippen molar-refractivity contribution in [3.05, 3.63) is 17.5 Å². The topological polar surface area (TPSA) is 75.3 Å². The van der Waals surface area contributed by atoms with Gasteiger partial charge >= 0.3 is 0 Å². The second-order valence-electron chi connectivity index (χ2n) is 5.12. The van der Waals surface area contributed by atoms with E-state index in [2.05, 4.69) is 14.9 Å². The highest BCUT2D eigenvalue weighted by Crippen LogP contribution is 2.23. The lowest BCUT2D eigenvalue weighted by molar-refractivity contribution is 0.109. The first kappa shape index (κ1) is 14.1. The first-order valence-corrected chi connectivity index (χ1v) is 6.96. The maximum absolute atomic E-state index is 9.61. The summed E-state index contributed by atoms with van der Waals surface area (Å²) in [5, 5.41) is 9.61. The lowest BCUT2D eigenvalue weighted by Gasteiger charge is -2.33. The first-order chi connectivity index (χ1) is 8.97. The van der Waals surface area contributed by atoms with Gasteiger partial charge < -0.3 is 15.7 Å². The number of hydrogen-bond donors (Lipinski definition) is 2. The Balaban J connectivity index is 2.13. The van der Waals surface area contributed by atoms with Crippen LogP contribution in [0.3, 0.4) is 0 Å². The SMILES string of the molecule is Cc1cc(C(N)=S)nc(N2CCC(C(C)O)CC2)n1. The fourth-order valence-electron chi connectivity index (χ4n) is 2.40. The molecule has 0 amide bonds. The molecule has 1 unspecified atom stereocenters. The summed E-state index contributed by atoms with van der Waals surface area (Å²) < 4.78 is 0. The predicted octanol–water partition coefficient (Wildman–Crippen LogP) is 1.02. The molecule has 1 saturated heterocycles. The van der Waals surface area contributed by atoms with Crippen molar-refractivity contribution in [1.82, 2.24) is 9.97 Å². The standard InChI is InChI=1S/C13H20N4OS/c1-8-7-11(12(14)19)16-13(15-8)17-5-3-10(4-6-17)9(2)18/h7,9-10,18H,3-6H2,1-2H3,(H2,14,19). The average Bonchev–Trinajstić information content (AvgIpc) is 2.38. The number of aliphatic hydroxyl groups excluding tert-OH is 1. The Kier molecular flexibility index (Phi) is 4.31. The van der Waals surface area contributed by atoms with Crippen LogP contribution in [0.4, 0.5) is 5.95 Å². The minimum atomic E-state index is -0.243. The van der Waals surface area contributed by atoms with Crippen LogP contribution in [0.25, 0.3) is 0 Å². The van der Waals surface area contributed by atoms with Crippen LogP contribution < -0.4 is 10.6 Å². The zero-order valence-electron chi connectivity index (χ0n) is 11.3. The number of aliphatic hydroxyl groups is 1. The van der Waals surface area contributed by atoms with Crippen molar-refractivity contribution in [1.29, 1.82) is 0 Å². The monoisotopic (exact) mass is 280 g/mol. The van der Waals surface area contributed by atoms with Gasteiger partial charge in [-0.3, -0.25) is 0 Å². The Morgan fingerprint density at radius 1 is 1.47 bits per heavy atom. The summed E-state index contributed by atoms with van der Waals surface area (Å²) in [6, 6.07) is 1.80. The van der Waals surface area contributed by atoms with Gasteiger partial charge in [-0.15, -0.1) is 0 Å². The molecule has 1 aliphatic heterocycles. The molecule has 1 aliphatic rings. The highest BCUT2D eigenvalue weighted by atomic mass is 32.1. The van der Waals surface area contributed by atoms with E-state index in [0.717, 1.165) is 31.6 Å². The summed E-state index contributed by atoms with van der Waals surface area (Å²) in [5.74, 6) is 1.06. The third-order valence-corrected chi connectivity index (χ3v) is 3.81. The molecule has 104 valence electrons. The van der Waals surface area contributed by atoms with E-state index >= 15 is 0 Å². The molecule has 2 heterocycles. The molecular weight excluding hydrogens is 260 g/mol. The normalized spacial score (nSPS) is 18.4. The average molecular weight is 280 g/mol. The molecule has 1 aromatic heterocycles. The quantitative estimate of drug-likeness (QED) is 0.805. The molecule has 6 heteroatoms. The van der Waals surface area contributed by atoms with Gasteiger partial charge in [-0.25, -0.2) is 9.97 Å². The maximum Gasteiger partial charge on any atom is 0.226 e.